The van der Waals surface area contributed by atoms with Gasteiger partial charge in [-0.2, -0.15) is 0 Å². The summed E-state index contributed by atoms with van der Waals surface area (Å²) in [6.07, 6.45) is 0.427. The summed E-state index contributed by atoms with van der Waals surface area (Å²) < 4.78 is 0. The summed E-state index contributed by atoms with van der Waals surface area (Å²) in [6, 6.07) is 16.4. The number of nitrogens with one attached hydrogen (secondary N) is 1. The third kappa shape index (κ3) is 3.95. The van der Waals surface area contributed by atoms with E-state index in [1.807, 2.05) is 38.1 Å². The molecule has 104 valence electrons. The Morgan fingerprint density at radius 3 is 2.00 bits per heavy atom. The molecule has 0 bridgehead atoms. The van der Waals surface area contributed by atoms with Crippen molar-refractivity contribution in [3.05, 3.63) is 70.8 Å². The zero-order valence-corrected chi connectivity index (χ0v) is 12.3. The predicted octanol–water partition coefficient (Wildman–Crippen LogP) is 3.72. The molecule has 0 radical (unpaired) electrons. The highest BCUT2D eigenvalue weighted by atomic mass is 16.1. The third-order valence-electron chi connectivity index (χ3n) is 3.44. The first-order valence-electron chi connectivity index (χ1n) is 6.96. The van der Waals surface area contributed by atoms with Crippen molar-refractivity contribution in [3.63, 3.8) is 0 Å². The van der Waals surface area contributed by atoms with E-state index in [2.05, 4.69) is 36.5 Å². The second-order valence-corrected chi connectivity index (χ2v) is 5.36. The quantitative estimate of drug-likeness (QED) is 0.898. The molecule has 0 saturated heterocycles. The second-order valence-electron chi connectivity index (χ2n) is 5.36. The molecule has 1 N–H and O–H groups in total. The molecule has 0 aliphatic heterocycles. The molecule has 0 saturated carbocycles. The van der Waals surface area contributed by atoms with E-state index in [1.165, 1.54) is 11.1 Å². The van der Waals surface area contributed by atoms with Gasteiger partial charge in [0.2, 0.25) is 5.91 Å². The van der Waals surface area contributed by atoms with Gasteiger partial charge in [-0.15, -0.1) is 0 Å². The van der Waals surface area contributed by atoms with E-state index >= 15 is 0 Å². The number of hydrogen-bond acceptors (Lipinski definition) is 1. The smallest absolute Gasteiger partial charge is 0.224 e. The van der Waals surface area contributed by atoms with Gasteiger partial charge < -0.3 is 5.32 Å². The van der Waals surface area contributed by atoms with Crippen LogP contribution in [0.4, 0.5) is 0 Å². The summed E-state index contributed by atoms with van der Waals surface area (Å²) in [5.41, 5.74) is 4.62. The predicted molar refractivity (Wildman–Crippen MR) is 82.6 cm³/mol. The van der Waals surface area contributed by atoms with Crippen LogP contribution in [0, 0.1) is 13.8 Å². The molecule has 0 heterocycles. The summed E-state index contributed by atoms with van der Waals surface area (Å²) >= 11 is 0. The van der Waals surface area contributed by atoms with Gasteiger partial charge >= 0.3 is 0 Å². The maximum Gasteiger partial charge on any atom is 0.224 e. The SMILES string of the molecule is Cc1ccc(CC(=O)N[C@H](C)c2ccc(C)cc2)cc1. The Labute approximate surface area is 120 Å². The molecule has 1 amide bonds. The Morgan fingerprint density at radius 1 is 0.950 bits per heavy atom. The molecule has 0 aromatic heterocycles. The Bertz CT molecular complexity index is 569. The summed E-state index contributed by atoms with van der Waals surface area (Å²) in [7, 11) is 0. The lowest BCUT2D eigenvalue weighted by atomic mass is 10.1. The van der Waals surface area contributed by atoms with E-state index < -0.39 is 0 Å². The third-order valence-corrected chi connectivity index (χ3v) is 3.44. The number of carbonyl (C=O) groups excluding carboxylic acids is 1. The first kappa shape index (κ1) is 14.3. The highest BCUT2D eigenvalue weighted by Crippen LogP contribution is 2.13. The van der Waals surface area contributed by atoms with Crippen LogP contribution < -0.4 is 5.32 Å². The number of rotatable bonds is 4. The van der Waals surface area contributed by atoms with Crippen molar-refractivity contribution >= 4 is 5.91 Å². The minimum Gasteiger partial charge on any atom is -0.349 e. The van der Waals surface area contributed by atoms with Crippen molar-refractivity contribution in [2.45, 2.75) is 33.2 Å². The fourth-order valence-corrected chi connectivity index (χ4v) is 2.12. The van der Waals surface area contributed by atoms with Gasteiger partial charge in [0.15, 0.2) is 0 Å². The molecule has 0 spiro atoms. The zero-order valence-electron chi connectivity index (χ0n) is 12.3. The van der Waals surface area contributed by atoms with Crippen molar-refractivity contribution in [1.29, 1.82) is 0 Å². The van der Waals surface area contributed by atoms with Crippen LogP contribution in [0.2, 0.25) is 0 Å². The largest absolute Gasteiger partial charge is 0.349 e. The van der Waals surface area contributed by atoms with Gasteiger partial charge in [-0.1, -0.05) is 59.7 Å². The Kier molecular flexibility index (Phi) is 4.57. The van der Waals surface area contributed by atoms with Gasteiger partial charge in [0.25, 0.3) is 0 Å². The molecular weight excluding hydrogens is 246 g/mol. The highest BCUT2D eigenvalue weighted by molar-refractivity contribution is 5.79. The molecule has 2 aromatic rings. The lowest BCUT2D eigenvalue weighted by Gasteiger charge is -2.14. The van der Waals surface area contributed by atoms with Crippen molar-refractivity contribution in [2.24, 2.45) is 0 Å². The molecule has 2 rings (SSSR count). The molecule has 0 aliphatic rings. The second kappa shape index (κ2) is 6.38. The average Bonchev–Trinajstić information content (AvgIpc) is 2.42. The Balaban J connectivity index is 1.93. The van der Waals surface area contributed by atoms with Crippen LogP contribution in [0.15, 0.2) is 48.5 Å². The van der Waals surface area contributed by atoms with Gasteiger partial charge in [-0.3, -0.25) is 4.79 Å². The van der Waals surface area contributed by atoms with E-state index in [9.17, 15) is 4.79 Å². The number of amides is 1. The standard InChI is InChI=1S/C18H21NO/c1-13-4-8-16(9-5-13)12-18(20)19-15(3)17-10-6-14(2)7-11-17/h4-11,15H,12H2,1-3H3,(H,19,20)/t15-/m1/s1. The fourth-order valence-electron chi connectivity index (χ4n) is 2.12. The summed E-state index contributed by atoms with van der Waals surface area (Å²) in [5.74, 6) is 0.0573. The summed E-state index contributed by atoms with van der Waals surface area (Å²) in [5, 5.41) is 3.04. The van der Waals surface area contributed by atoms with Crippen LogP contribution >= 0.6 is 0 Å². The number of aryl methyl sites for hydroxylation is 2. The van der Waals surface area contributed by atoms with Crippen molar-refractivity contribution in [1.82, 2.24) is 5.32 Å². The molecule has 2 nitrogen and oxygen atoms in total. The summed E-state index contributed by atoms with van der Waals surface area (Å²) in [6.45, 7) is 6.12. The monoisotopic (exact) mass is 267 g/mol. The topological polar surface area (TPSA) is 29.1 Å². The number of carbonyl (C=O) groups is 1. The molecule has 2 heteroatoms. The van der Waals surface area contributed by atoms with E-state index in [1.54, 1.807) is 0 Å². The van der Waals surface area contributed by atoms with E-state index in [-0.39, 0.29) is 11.9 Å². The molecule has 0 fully saturated rings. The van der Waals surface area contributed by atoms with Crippen molar-refractivity contribution < 1.29 is 4.79 Å². The van der Waals surface area contributed by atoms with Gasteiger partial charge in [0.1, 0.15) is 0 Å². The molecule has 20 heavy (non-hydrogen) atoms. The van der Waals surface area contributed by atoms with Crippen LogP contribution in [0.5, 0.6) is 0 Å². The molecule has 1 atom stereocenters. The molecule has 0 unspecified atom stereocenters. The number of benzene rings is 2. The van der Waals surface area contributed by atoms with Gasteiger partial charge in [-0.05, 0) is 31.9 Å². The van der Waals surface area contributed by atoms with Crippen LogP contribution in [0.3, 0.4) is 0 Å². The first-order chi connectivity index (χ1) is 9.54. The molecular formula is C18H21NO. The van der Waals surface area contributed by atoms with E-state index in [0.717, 1.165) is 11.1 Å². The van der Waals surface area contributed by atoms with Crippen LogP contribution in [-0.2, 0) is 11.2 Å². The minimum atomic E-state index is 0.0357. The number of hydrogen-bond donors (Lipinski definition) is 1. The summed E-state index contributed by atoms with van der Waals surface area (Å²) in [4.78, 5) is 12.0. The average molecular weight is 267 g/mol. The Morgan fingerprint density at radius 2 is 1.45 bits per heavy atom. The normalized spacial score (nSPS) is 11.9. The lowest BCUT2D eigenvalue weighted by molar-refractivity contribution is -0.121. The van der Waals surface area contributed by atoms with E-state index in [0.29, 0.717) is 6.42 Å². The van der Waals surface area contributed by atoms with Gasteiger partial charge in [0.05, 0.1) is 12.5 Å². The van der Waals surface area contributed by atoms with Crippen LogP contribution in [-0.4, -0.2) is 5.91 Å². The molecule has 0 aliphatic carbocycles. The highest BCUT2D eigenvalue weighted by Gasteiger charge is 2.09. The maximum absolute atomic E-state index is 12.0. The van der Waals surface area contributed by atoms with Crippen molar-refractivity contribution in [2.75, 3.05) is 0 Å². The van der Waals surface area contributed by atoms with Crippen molar-refractivity contribution in [3.8, 4) is 0 Å². The van der Waals surface area contributed by atoms with E-state index in [4.69, 9.17) is 0 Å². The van der Waals surface area contributed by atoms with Gasteiger partial charge in [0, 0.05) is 0 Å². The minimum absolute atomic E-state index is 0.0357. The van der Waals surface area contributed by atoms with Crippen LogP contribution in [0.25, 0.3) is 0 Å². The first-order valence-corrected chi connectivity index (χ1v) is 6.96. The molecule has 2 aromatic carbocycles. The van der Waals surface area contributed by atoms with Gasteiger partial charge in [-0.25, -0.2) is 0 Å². The fraction of sp³-hybridized carbons (Fsp3) is 0.278. The Hall–Kier alpha value is -2.09. The lowest BCUT2D eigenvalue weighted by Crippen LogP contribution is -2.28. The van der Waals surface area contributed by atoms with Crippen LogP contribution in [0.1, 0.15) is 35.2 Å². The maximum atomic E-state index is 12.0. The zero-order chi connectivity index (χ0) is 14.5.